The van der Waals surface area contributed by atoms with Gasteiger partial charge in [0.05, 0.1) is 5.75 Å². The fourth-order valence-electron chi connectivity index (χ4n) is 3.21. The molecule has 4 nitrogen and oxygen atoms in total. The van der Waals surface area contributed by atoms with Crippen LogP contribution in [0.4, 0.5) is 0 Å². The van der Waals surface area contributed by atoms with Crippen molar-refractivity contribution >= 4 is 9.84 Å². The van der Waals surface area contributed by atoms with Crippen molar-refractivity contribution in [3.8, 4) is 0 Å². The van der Waals surface area contributed by atoms with E-state index in [0.717, 1.165) is 19.0 Å². The Kier molecular flexibility index (Phi) is 3.78. The van der Waals surface area contributed by atoms with Crippen molar-refractivity contribution in [2.45, 2.75) is 51.2 Å². The molecule has 1 aliphatic carbocycles. The van der Waals surface area contributed by atoms with E-state index in [1.54, 1.807) is 0 Å². The van der Waals surface area contributed by atoms with Crippen molar-refractivity contribution in [2.24, 2.45) is 5.92 Å². The number of hydrogen-bond donors (Lipinski definition) is 1. The van der Waals surface area contributed by atoms with Gasteiger partial charge in [-0.15, -0.1) is 0 Å². The zero-order valence-electron chi connectivity index (χ0n) is 11.9. The fourth-order valence-corrected chi connectivity index (χ4v) is 4.27. The van der Waals surface area contributed by atoms with Gasteiger partial charge in [-0.2, -0.15) is 0 Å². The molecule has 1 aliphatic heterocycles. The van der Waals surface area contributed by atoms with E-state index in [1.807, 2.05) is 6.92 Å². The third-order valence-electron chi connectivity index (χ3n) is 4.47. The first-order valence-electron chi connectivity index (χ1n) is 6.90. The minimum Gasteiger partial charge on any atom is -0.308 e. The highest BCUT2D eigenvalue weighted by atomic mass is 32.2. The molecule has 2 rings (SSSR count). The molecule has 2 aliphatic rings. The molecule has 0 aromatic heterocycles. The van der Waals surface area contributed by atoms with Crippen LogP contribution in [0.5, 0.6) is 0 Å². The second kappa shape index (κ2) is 4.76. The van der Waals surface area contributed by atoms with Crippen molar-refractivity contribution in [2.75, 3.05) is 25.1 Å². The summed E-state index contributed by atoms with van der Waals surface area (Å²) in [6.45, 7) is 8.43. The van der Waals surface area contributed by atoms with Gasteiger partial charge in [0.1, 0.15) is 9.84 Å². The summed E-state index contributed by atoms with van der Waals surface area (Å²) in [5.41, 5.74) is 0.179. The molecule has 2 fully saturated rings. The molecular formula is C13H26N2O2S. The van der Waals surface area contributed by atoms with Crippen LogP contribution in [0.2, 0.25) is 0 Å². The molecule has 5 heteroatoms. The summed E-state index contributed by atoms with van der Waals surface area (Å²) >= 11 is 0. The van der Waals surface area contributed by atoms with E-state index in [2.05, 4.69) is 24.1 Å². The molecule has 3 atom stereocenters. The van der Waals surface area contributed by atoms with Gasteiger partial charge in [0, 0.05) is 37.0 Å². The van der Waals surface area contributed by atoms with Gasteiger partial charge in [-0.05, 0) is 39.5 Å². The third-order valence-corrected chi connectivity index (χ3v) is 5.55. The topological polar surface area (TPSA) is 49.4 Å². The molecule has 0 bridgehead atoms. The molecule has 18 heavy (non-hydrogen) atoms. The maximum Gasteiger partial charge on any atom is 0.148 e. The van der Waals surface area contributed by atoms with Crippen molar-refractivity contribution in [1.82, 2.24) is 10.2 Å². The fraction of sp³-hybridized carbons (Fsp3) is 1.00. The highest BCUT2D eigenvalue weighted by Crippen LogP contribution is 2.41. The van der Waals surface area contributed by atoms with Crippen LogP contribution in [0.25, 0.3) is 0 Å². The molecule has 106 valence electrons. The number of rotatable bonds is 4. The van der Waals surface area contributed by atoms with E-state index in [0.29, 0.717) is 6.04 Å². The smallest absolute Gasteiger partial charge is 0.148 e. The Morgan fingerprint density at radius 2 is 2.06 bits per heavy atom. The largest absolute Gasteiger partial charge is 0.308 e. The second-order valence-electron chi connectivity index (χ2n) is 6.54. The average Bonchev–Trinajstić information content (AvgIpc) is 3.03. The van der Waals surface area contributed by atoms with Crippen LogP contribution in [-0.2, 0) is 9.84 Å². The normalized spacial score (nSPS) is 36.6. The molecular weight excluding hydrogens is 248 g/mol. The van der Waals surface area contributed by atoms with Crippen molar-refractivity contribution < 1.29 is 8.42 Å². The minimum atomic E-state index is -2.90. The number of sulfone groups is 1. The molecule has 1 saturated carbocycles. The Hall–Kier alpha value is -0.130. The summed E-state index contributed by atoms with van der Waals surface area (Å²) < 4.78 is 22.9. The summed E-state index contributed by atoms with van der Waals surface area (Å²) in [7, 11) is -2.90. The lowest BCUT2D eigenvalue weighted by Gasteiger charge is -2.48. The quantitative estimate of drug-likeness (QED) is 0.827. The lowest BCUT2D eigenvalue weighted by molar-refractivity contribution is 0.0592. The Morgan fingerprint density at radius 1 is 1.44 bits per heavy atom. The highest BCUT2D eigenvalue weighted by Gasteiger charge is 2.46. The van der Waals surface area contributed by atoms with Crippen LogP contribution in [-0.4, -0.2) is 56.0 Å². The molecule has 0 aromatic rings. The molecule has 0 amide bonds. The number of nitrogens with zero attached hydrogens (tertiary/aromatic N) is 1. The van der Waals surface area contributed by atoms with E-state index in [-0.39, 0.29) is 17.3 Å². The zero-order valence-corrected chi connectivity index (χ0v) is 12.8. The number of piperazine rings is 1. The van der Waals surface area contributed by atoms with Gasteiger partial charge in [-0.25, -0.2) is 8.42 Å². The highest BCUT2D eigenvalue weighted by molar-refractivity contribution is 7.90. The van der Waals surface area contributed by atoms with E-state index in [1.165, 1.54) is 19.1 Å². The van der Waals surface area contributed by atoms with E-state index in [9.17, 15) is 8.42 Å². The summed E-state index contributed by atoms with van der Waals surface area (Å²) in [5, 5.41) is 3.66. The standard InChI is InChI=1S/C13H26N2O2S/c1-10-7-14-13(3,12-5-6-12)9-15(10)11(2)8-18(4,16)17/h10-12,14H,5-9H2,1-4H3. The predicted molar refractivity (Wildman–Crippen MR) is 74.5 cm³/mol. The van der Waals surface area contributed by atoms with Gasteiger partial charge in [0.15, 0.2) is 0 Å². The third kappa shape index (κ3) is 3.25. The summed E-state index contributed by atoms with van der Waals surface area (Å²) in [4.78, 5) is 2.37. The molecule has 0 aromatic carbocycles. The van der Waals surface area contributed by atoms with E-state index >= 15 is 0 Å². The first-order valence-corrected chi connectivity index (χ1v) is 8.96. The Balaban J connectivity index is 2.05. The maximum atomic E-state index is 11.5. The van der Waals surface area contributed by atoms with Gasteiger partial charge in [-0.1, -0.05) is 0 Å². The SMILES string of the molecule is CC1CNC(C)(C2CC2)CN1C(C)CS(C)(=O)=O. The minimum absolute atomic E-state index is 0.107. The van der Waals surface area contributed by atoms with Crippen LogP contribution >= 0.6 is 0 Å². The van der Waals surface area contributed by atoms with Gasteiger partial charge >= 0.3 is 0 Å². The number of hydrogen-bond acceptors (Lipinski definition) is 4. The number of nitrogens with one attached hydrogen (secondary N) is 1. The van der Waals surface area contributed by atoms with Gasteiger partial charge in [0.25, 0.3) is 0 Å². The molecule has 1 heterocycles. The van der Waals surface area contributed by atoms with Gasteiger partial charge < -0.3 is 5.32 Å². The van der Waals surface area contributed by atoms with Crippen molar-refractivity contribution in [3.63, 3.8) is 0 Å². The molecule has 1 N–H and O–H groups in total. The van der Waals surface area contributed by atoms with Crippen LogP contribution < -0.4 is 5.32 Å². The van der Waals surface area contributed by atoms with Crippen LogP contribution in [0.3, 0.4) is 0 Å². The summed E-state index contributed by atoms with van der Waals surface area (Å²) in [6, 6.07) is 0.517. The van der Waals surface area contributed by atoms with E-state index in [4.69, 9.17) is 0 Å². The summed E-state index contributed by atoms with van der Waals surface area (Å²) in [5.74, 6) is 1.04. The lowest BCUT2D eigenvalue weighted by Crippen LogP contribution is -2.65. The summed E-state index contributed by atoms with van der Waals surface area (Å²) in [6.07, 6.45) is 3.95. The monoisotopic (exact) mass is 274 g/mol. The van der Waals surface area contributed by atoms with Crippen LogP contribution in [0, 0.1) is 5.92 Å². The van der Waals surface area contributed by atoms with Gasteiger partial charge in [-0.3, -0.25) is 4.90 Å². The lowest BCUT2D eigenvalue weighted by atomic mass is 9.90. The molecule has 1 saturated heterocycles. The first kappa shape index (κ1) is 14.3. The zero-order chi connectivity index (χ0) is 13.6. The molecule has 3 unspecified atom stereocenters. The van der Waals surface area contributed by atoms with Gasteiger partial charge in [0.2, 0.25) is 0 Å². The molecule has 0 radical (unpaired) electrons. The van der Waals surface area contributed by atoms with Crippen molar-refractivity contribution in [3.05, 3.63) is 0 Å². The average molecular weight is 274 g/mol. The maximum absolute atomic E-state index is 11.5. The van der Waals surface area contributed by atoms with Crippen LogP contribution in [0.1, 0.15) is 33.6 Å². The Morgan fingerprint density at radius 3 is 2.56 bits per heavy atom. The Labute approximate surface area is 111 Å². The van der Waals surface area contributed by atoms with E-state index < -0.39 is 9.84 Å². The molecule has 0 spiro atoms. The first-order chi connectivity index (χ1) is 8.21. The van der Waals surface area contributed by atoms with Crippen molar-refractivity contribution in [1.29, 1.82) is 0 Å². The predicted octanol–water partition coefficient (Wildman–Crippen LogP) is 0.882. The Bertz CT molecular complexity index is 405. The van der Waals surface area contributed by atoms with Crippen LogP contribution in [0.15, 0.2) is 0 Å². The second-order valence-corrected chi connectivity index (χ2v) is 8.72.